The van der Waals surface area contributed by atoms with Gasteiger partial charge in [-0.1, -0.05) is 24.0 Å². The second-order valence-electron chi connectivity index (χ2n) is 2.35. The fraction of sp³-hybridized carbons (Fsp3) is 0.125. The van der Waals surface area contributed by atoms with Gasteiger partial charge in [0.15, 0.2) is 4.32 Å². The molecule has 1 aromatic rings. The van der Waals surface area contributed by atoms with Crippen molar-refractivity contribution >= 4 is 34.0 Å². The first-order valence-electron chi connectivity index (χ1n) is 3.51. The van der Waals surface area contributed by atoms with E-state index in [-0.39, 0.29) is 0 Å². The van der Waals surface area contributed by atoms with E-state index in [2.05, 4.69) is 9.98 Å². The van der Waals surface area contributed by atoms with Crippen LogP contribution in [0.2, 0.25) is 0 Å². The van der Waals surface area contributed by atoms with Crippen LogP contribution in [0.25, 0.3) is 0 Å². The molecule has 1 aliphatic heterocycles. The maximum Gasteiger partial charge on any atom is 0.160 e. The van der Waals surface area contributed by atoms with E-state index in [9.17, 15) is 0 Å². The van der Waals surface area contributed by atoms with Crippen LogP contribution in [0.5, 0.6) is 0 Å². The van der Waals surface area contributed by atoms with Crippen LogP contribution in [-0.2, 0) is 0 Å². The number of aliphatic imine (C=N–C) groups is 1. The van der Waals surface area contributed by atoms with Gasteiger partial charge in [-0.05, 0) is 17.7 Å². The molecule has 0 amide bonds. The van der Waals surface area contributed by atoms with Crippen LogP contribution in [0.3, 0.4) is 0 Å². The van der Waals surface area contributed by atoms with E-state index in [4.69, 9.17) is 12.2 Å². The van der Waals surface area contributed by atoms with Crippen molar-refractivity contribution in [2.24, 2.45) is 4.99 Å². The lowest BCUT2D eigenvalue weighted by molar-refractivity contribution is 1.32. The standard InChI is InChI=1S/C8H6N2S2/c11-8-10-7(5-12-8)6-1-3-9-4-2-6/h1-4H,5H2. The van der Waals surface area contributed by atoms with Crippen LogP contribution in [0, 0.1) is 0 Å². The van der Waals surface area contributed by atoms with Crippen molar-refractivity contribution in [1.29, 1.82) is 0 Å². The zero-order valence-electron chi connectivity index (χ0n) is 6.23. The van der Waals surface area contributed by atoms with Gasteiger partial charge < -0.3 is 0 Å². The highest BCUT2D eigenvalue weighted by Gasteiger charge is 2.12. The first-order valence-corrected chi connectivity index (χ1v) is 4.90. The average molecular weight is 194 g/mol. The summed E-state index contributed by atoms with van der Waals surface area (Å²) in [5, 5.41) is 0. The van der Waals surface area contributed by atoms with Crippen LogP contribution in [0.15, 0.2) is 29.5 Å². The Morgan fingerprint density at radius 3 is 2.67 bits per heavy atom. The number of hydrogen-bond donors (Lipinski definition) is 0. The van der Waals surface area contributed by atoms with E-state index in [1.807, 2.05) is 12.1 Å². The molecule has 2 rings (SSSR count). The molecule has 0 aromatic carbocycles. The second kappa shape index (κ2) is 3.33. The van der Waals surface area contributed by atoms with E-state index in [1.165, 1.54) is 0 Å². The highest BCUT2D eigenvalue weighted by molar-refractivity contribution is 8.23. The fourth-order valence-corrected chi connectivity index (χ4v) is 1.95. The molecule has 0 bridgehead atoms. The van der Waals surface area contributed by atoms with Crippen molar-refractivity contribution in [2.75, 3.05) is 5.75 Å². The van der Waals surface area contributed by atoms with Gasteiger partial charge >= 0.3 is 0 Å². The molecule has 0 N–H and O–H groups in total. The van der Waals surface area contributed by atoms with Crippen molar-refractivity contribution < 1.29 is 0 Å². The molecule has 12 heavy (non-hydrogen) atoms. The highest BCUT2D eigenvalue weighted by Crippen LogP contribution is 2.18. The Bertz CT molecular complexity index is 332. The Labute approximate surface area is 80.1 Å². The van der Waals surface area contributed by atoms with Gasteiger partial charge in [0, 0.05) is 18.1 Å². The van der Waals surface area contributed by atoms with Gasteiger partial charge in [-0.2, -0.15) is 0 Å². The summed E-state index contributed by atoms with van der Waals surface area (Å²) in [6.07, 6.45) is 3.54. The fourth-order valence-electron chi connectivity index (χ4n) is 0.997. The first-order chi connectivity index (χ1) is 5.86. The SMILES string of the molecule is S=C1N=C(c2ccncc2)CS1. The molecule has 0 atom stereocenters. The molecule has 1 aromatic heterocycles. The summed E-state index contributed by atoms with van der Waals surface area (Å²) in [6.45, 7) is 0. The minimum absolute atomic E-state index is 0.738. The van der Waals surface area contributed by atoms with Gasteiger partial charge in [-0.25, -0.2) is 4.99 Å². The maximum atomic E-state index is 4.96. The summed E-state index contributed by atoms with van der Waals surface area (Å²) in [5.74, 6) is 0.892. The molecule has 2 heterocycles. The van der Waals surface area contributed by atoms with Gasteiger partial charge in [0.25, 0.3) is 0 Å². The topological polar surface area (TPSA) is 25.2 Å². The van der Waals surface area contributed by atoms with Crippen LogP contribution in [0.4, 0.5) is 0 Å². The number of pyridine rings is 1. The number of thiocarbonyl (C=S) groups is 1. The molecule has 0 spiro atoms. The molecular weight excluding hydrogens is 188 g/mol. The molecule has 0 aliphatic carbocycles. The second-order valence-corrected chi connectivity index (χ2v) is 3.96. The van der Waals surface area contributed by atoms with Crippen LogP contribution in [0.1, 0.15) is 5.56 Å². The van der Waals surface area contributed by atoms with Gasteiger partial charge in [0.05, 0.1) is 5.71 Å². The first kappa shape index (κ1) is 7.89. The van der Waals surface area contributed by atoms with Crippen molar-refractivity contribution in [3.63, 3.8) is 0 Å². The van der Waals surface area contributed by atoms with Crippen molar-refractivity contribution in [2.45, 2.75) is 0 Å². The zero-order chi connectivity index (χ0) is 8.39. The van der Waals surface area contributed by atoms with Gasteiger partial charge in [-0.15, -0.1) is 0 Å². The molecule has 0 fully saturated rings. The van der Waals surface area contributed by atoms with E-state index in [0.717, 1.165) is 21.3 Å². The number of aromatic nitrogens is 1. The Morgan fingerprint density at radius 2 is 2.08 bits per heavy atom. The van der Waals surface area contributed by atoms with E-state index >= 15 is 0 Å². The van der Waals surface area contributed by atoms with Crippen molar-refractivity contribution in [3.05, 3.63) is 30.1 Å². The highest BCUT2D eigenvalue weighted by atomic mass is 32.2. The van der Waals surface area contributed by atoms with E-state index < -0.39 is 0 Å². The monoisotopic (exact) mass is 194 g/mol. The summed E-state index contributed by atoms with van der Waals surface area (Å²) in [6, 6.07) is 3.90. The summed E-state index contributed by atoms with van der Waals surface area (Å²) in [5.41, 5.74) is 2.18. The average Bonchev–Trinajstić information content (AvgIpc) is 2.54. The Morgan fingerprint density at radius 1 is 1.33 bits per heavy atom. The molecule has 2 nitrogen and oxygen atoms in total. The lowest BCUT2D eigenvalue weighted by Gasteiger charge is -1.95. The molecular formula is C8H6N2S2. The lowest BCUT2D eigenvalue weighted by Crippen LogP contribution is -1.99. The Hall–Kier alpha value is -0.740. The molecule has 0 unspecified atom stereocenters. The summed E-state index contributed by atoms with van der Waals surface area (Å²) < 4.78 is 0.738. The molecule has 60 valence electrons. The van der Waals surface area contributed by atoms with Gasteiger partial charge in [-0.3, -0.25) is 4.98 Å². The number of hydrogen-bond acceptors (Lipinski definition) is 3. The smallest absolute Gasteiger partial charge is 0.160 e. The third kappa shape index (κ3) is 1.54. The van der Waals surface area contributed by atoms with Crippen molar-refractivity contribution in [1.82, 2.24) is 4.98 Å². The number of nitrogens with zero attached hydrogens (tertiary/aromatic N) is 2. The quantitative estimate of drug-likeness (QED) is 0.638. The number of thioether (sulfide) groups is 1. The summed E-state index contributed by atoms with van der Waals surface area (Å²) in [7, 11) is 0. The third-order valence-electron chi connectivity index (χ3n) is 1.57. The van der Waals surface area contributed by atoms with E-state index in [1.54, 1.807) is 24.2 Å². The summed E-state index contributed by atoms with van der Waals surface area (Å²) >= 11 is 6.56. The van der Waals surface area contributed by atoms with E-state index in [0.29, 0.717) is 0 Å². The van der Waals surface area contributed by atoms with Crippen molar-refractivity contribution in [3.8, 4) is 0 Å². The van der Waals surface area contributed by atoms with Crippen LogP contribution < -0.4 is 0 Å². The third-order valence-corrected chi connectivity index (χ3v) is 2.77. The molecule has 1 aliphatic rings. The van der Waals surface area contributed by atoms with Crippen LogP contribution >= 0.6 is 24.0 Å². The van der Waals surface area contributed by atoms with Gasteiger partial charge in [0.2, 0.25) is 0 Å². The minimum atomic E-state index is 0.738. The Kier molecular flexibility index (Phi) is 2.19. The minimum Gasteiger partial charge on any atom is -0.265 e. The molecule has 4 heteroatoms. The largest absolute Gasteiger partial charge is 0.265 e. The van der Waals surface area contributed by atoms with Crippen LogP contribution in [-0.4, -0.2) is 20.8 Å². The van der Waals surface area contributed by atoms with Gasteiger partial charge in [0.1, 0.15) is 0 Å². The zero-order valence-corrected chi connectivity index (χ0v) is 7.86. The normalized spacial score (nSPS) is 16.3. The maximum absolute atomic E-state index is 4.96. The molecule has 0 saturated heterocycles. The Balaban J connectivity index is 2.33. The number of rotatable bonds is 1. The summed E-state index contributed by atoms with van der Waals surface area (Å²) in [4.78, 5) is 8.18. The lowest BCUT2D eigenvalue weighted by atomic mass is 10.2. The molecule has 0 radical (unpaired) electrons. The predicted molar refractivity (Wildman–Crippen MR) is 55.8 cm³/mol. The molecule has 0 saturated carbocycles. The predicted octanol–water partition coefficient (Wildman–Crippen LogP) is 1.90.